The van der Waals surface area contributed by atoms with E-state index in [9.17, 15) is 31.1 Å². The molecule has 2 heterocycles. The lowest BCUT2D eigenvalue weighted by Gasteiger charge is -2.40. The Morgan fingerprint density at radius 2 is 0.964 bits per heavy atom. The maximum atomic E-state index is 15.5. The maximum Gasteiger partial charge on any atom is 0.389 e. The molecule has 2 N–H and O–H groups in total. The first-order valence-electron chi connectivity index (χ1n) is 19.2. The highest BCUT2D eigenvalue weighted by Crippen LogP contribution is 2.32. The lowest BCUT2D eigenvalue weighted by atomic mass is 9.97. The fourth-order valence-corrected chi connectivity index (χ4v) is 6.99. The SMILES string of the molecule is O=C(C(CNCC(F)(F)c1cccc(OCCCC(F)(F)F)c1)N1CCCCC1)C(CNCC(F)(F)c1cccc(OCCCC(F)(F)F)c1)N1CCCCC1. The number of rotatable bonds is 22. The highest BCUT2D eigenvalue weighted by atomic mass is 19.4. The van der Waals surface area contributed by atoms with Crippen LogP contribution >= 0.6 is 0 Å². The normalized spacial score (nSPS) is 17.8. The number of ether oxygens (including phenoxy) is 2. The van der Waals surface area contributed by atoms with E-state index in [1.54, 1.807) is 0 Å². The van der Waals surface area contributed by atoms with Crippen LogP contribution in [0.25, 0.3) is 0 Å². The molecule has 7 nitrogen and oxygen atoms in total. The van der Waals surface area contributed by atoms with Gasteiger partial charge in [-0.2, -0.15) is 43.9 Å². The van der Waals surface area contributed by atoms with E-state index in [0.717, 1.165) is 50.7 Å². The van der Waals surface area contributed by atoms with Crippen LogP contribution in [0, 0.1) is 0 Å². The van der Waals surface area contributed by atoms with Gasteiger partial charge in [0.25, 0.3) is 11.8 Å². The van der Waals surface area contributed by atoms with Crippen molar-refractivity contribution in [2.75, 3.05) is 65.6 Å². The predicted octanol–water partition coefficient (Wildman–Crippen LogP) is 8.47. The van der Waals surface area contributed by atoms with Gasteiger partial charge in [-0.3, -0.25) is 14.6 Å². The summed E-state index contributed by atoms with van der Waals surface area (Å²) < 4.78 is 147. The van der Waals surface area contributed by atoms with Crippen molar-refractivity contribution >= 4 is 5.78 Å². The number of piperidine rings is 2. The number of alkyl halides is 10. The van der Waals surface area contributed by atoms with Gasteiger partial charge in [0.15, 0.2) is 5.78 Å². The predicted molar refractivity (Wildman–Crippen MR) is 191 cm³/mol. The van der Waals surface area contributed by atoms with Crippen LogP contribution in [0.4, 0.5) is 43.9 Å². The molecule has 4 rings (SSSR count). The summed E-state index contributed by atoms with van der Waals surface area (Å²) in [5.74, 6) is -7.11. The van der Waals surface area contributed by atoms with E-state index < -0.39 is 73.3 Å². The first kappa shape index (κ1) is 45.6. The summed E-state index contributed by atoms with van der Waals surface area (Å²) in [6.45, 7) is -0.268. The van der Waals surface area contributed by atoms with Crippen molar-refractivity contribution in [1.29, 1.82) is 0 Å². The van der Waals surface area contributed by atoms with Crippen LogP contribution in [0.1, 0.15) is 75.3 Å². The van der Waals surface area contributed by atoms with E-state index in [2.05, 4.69) is 10.6 Å². The van der Waals surface area contributed by atoms with Crippen LogP contribution in [-0.2, 0) is 16.6 Å². The summed E-state index contributed by atoms with van der Waals surface area (Å²) in [7, 11) is 0. The summed E-state index contributed by atoms with van der Waals surface area (Å²) in [6.07, 6.45) is -6.35. The van der Waals surface area contributed by atoms with Gasteiger partial charge in [0.2, 0.25) is 0 Å². The Balaban J connectivity index is 1.40. The zero-order valence-electron chi connectivity index (χ0n) is 31.3. The number of hydrogen-bond acceptors (Lipinski definition) is 7. The molecule has 2 aliphatic rings. The Hall–Kier alpha value is -3.15. The van der Waals surface area contributed by atoms with Gasteiger partial charge >= 0.3 is 12.4 Å². The molecule has 2 aliphatic heterocycles. The first-order valence-corrected chi connectivity index (χ1v) is 19.2. The van der Waals surface area contributed by atoms with Crippen LogP contribution in [-0.4, -0.2) is 106 Å². The summed E-state index contributed by atoms with van der Waals surface area (Å²) >= 11 is 0. The smallest absolute Gasteiger partial charge is 0.389 e. The maximum absolute atomic E-state index is 15.5. The summed E-state index contributed by atoms with van der Waals surface area (Å²) in [4.78, 5) is 18.4. The van der Waals surface area contributed by atoms with Gasteiger partial charge in [0.05, 0.1) is 38.4 Å². The molecule has 2 aromatic carbocycles. The van der Waals surface area contributed by atoms with Crippen LogP contribution in [0.5, 0.6) is 11.5 Å². The Morgan fingerprint density at radius 3 is 1.32 bits per heavy atom. The van der Waals surface area contributed by atoms with Crippen molar-refractivity contribution in [2.24, 2.45) is 0 Å². The number of carbonyl (C=O) groups is 1. The number of likely N-dealkylation sites (tertiary alicyclic amines) is 2. The van der Waals surface area contributed by atoms with Gasteiger partial charge in [-0.15, -0.1) is 0 Å². The molecule has 0 amide bonds. The highest BCUT2D eigenvalue weighted by molar-refractivity contribution is 5.89. The average molecular weight is 815 g/mol. The zero-order chi connectivity index (χ0) is 40.8. The average Bonchev–Trinajstić information content (AvgIpc) is 3.15. The molecule has 0 aromatic heterocycles. The molecule has 2 fully saturated rings. The minimum atomic E-state index is -4.35. The van der Waals surface area contributed by atoms with E-state index in [4.69, 9.17) is 9.47 Å². The highest BCUT2D eigenvalue weighted by Gasteiger charge is 2.39. The number of carbonyl (C=O) groups excluding carboxylic acids is 1. The number of nitrogens with one attached hydrogen (secondary N) is 2. The Bertz CT molecular complexity index is 1370. The van der Waals surface area contributed by atoms with Gasteiger partial charge in [-0.25, -0.2) is 0 Å². The van der Waals surface area contributed by atoms with Crippen molar-refractivity contribution in [1.82, 2.24) is 20.4 Å². The quantitative estimate of drug-likeness (QED) is 0.0914. The largest absolute Gasteiger partial charge is 0.494 e. The third-order valence-electron chi connectivity index (χ3n) is 9.95. The summed E-state index contributed by atoms with van der Waals surface area (Å²) in [5, 5.41) is 5.55. The van der Waals surface area contributed by atoms with E-state index in [-0.39, 0.29) is 56.4 Å². The molecule has 0 spiro atoms. The standard InChI is InChI=1S/C39H52F10N4O3/c40-36(41,29-11-7-13-31(23-29)55-21-9-15-38(44,45)46)27-50-25-33(52-17-3-1-4-18-52)35(54)34(53-19-5-2-6-20-53)26-51-28-37(42,43)30-12-8-14-32(24-30)56-22-10-16-39(47,48)49/h7-8,11-14,23-24,33-34,50-51H,1-6,9-10,15-22,25-28H2. The molecule has 0 saturated carbocycles. The van der Waals surface area contributed by atoms with Crippen molar-refractivity contribution in [3.8, 4) is 11.5 Å². The van der Waals surface area contributed by atoms with E-state index in [0.29, 0.717) is 26.2 Å². The second kappa shape index (κ2) is 21.0. The number of Topliss-reactive ketones (excluding diaryl/α,β-unsaturated/α-hetero) is 1. The third-order valence-corrected chi connectivity index (χ3v) is 9.95. The number of hydrogen-bond donors (Lipinski definition) is 2. The first-order chi connectivity index (χ1) is 26.4. The zero-order valence-corrected chi connectivity index (χ0v) is 31.3. The minimum Gasteiger partial charge on any atom is -0.494 e. The summed E-state index contributed by atoms with van der Waals surface area (Å²) in [6, 6.07) is 8.31. The lowest BCUT2D eigenvalue weighted by molar-refractivity contribution is -0.137. The fraction of sp³-hybridized carbons (Fsp3) is 0.667. The monoisotopic (exact) mass is 814 g/mol. The molecule has 56 heavy (non-hydrogen) atoms. The molecule has 2 aromatic rings. The van der Waals surface area contributed by atoms with Gasteiger partial charge in [-0.05, 0) is 89.0 Å². The van der Waals surface area contributed by atoms with Crippen molar-refractivity contribution < 1.29 is 58.2 Å². The van der Waals surface area contributed by atoms with E-state index in [1.807, 2.05) is 9.80 Å². The third kappa shape index (κ3) is 15.3. The number of halogens is 10. The summed E-state index contributed by atoms with van der Waals surface area (Å²) in [5.41, 5.74) is -0.817. The second-order valence-corrected chi connectivity index (χ2v) is 14.5. The fourth-order valence-electron chi connectivity index (χ4n) is 6.99. The molecule has 2 unspecified atom stereocenters. The van der Waals surface area contributed by atoms with Crippen LogP contribution in [0.2, 0.25) is 0 Å². The molecular formula is C39H52F10N4O3. The number of ketones is 1. The van der Waals surface area contributed by atoms with Crippen molar-refractivity contribution in [3.63, 3.8) is 0 Å². The molecule has 0 bridgehead atoms. The van der Waals surface area contributed by atoms with E-state index in [1.165, 1.54) is 36.4 Å². The molecule has 0 radical (unpaired) electrons. The second-order valence-electron chi connectivity index (χ2n) is 14.5. The van der Waals surface area contributed by atoms with Gasteiger partial charge in [-0.1, -0.05) is 37.1 Å². The molecule has 2 saturated heterocycles. The van der Waals surface area contributed by atoms with Gasteiger partial charge < -0.3 is 20.1 Å². The van der Waals surface area contributed by atoms with Crippen LogP contribution < -0.4 is 20.1 Å². The molecular weight excluding hydrogens is 762 g/mol. The topological polar surface area (TPSA) is 66.1 Å². The molecule has 2 atom stereocenters. The van der Waals surface area contributed by atoms with Gasteiger partial charge in [0.1, 0.15) is 11.5 Å². The number of benzene rings is 2. The van der Waals surface area contributed by atoms with E-state index >= 15 is 17.6 Å². The lowest BCUT2D eigenvalue weighted by Crippen LogP contribution is -2.59. The Morgan fingerprint density at radius 1 is 0.589 bits per heavy atom. The molecule has 0 aliphatic carbocycles. The molecule has 316 valence electrons. The molecule has 17 heteroatoms. The van der Waals surface area contributed by atoms with Crippen LogP contribution in [0.3, 0.4) is 0 Å². The van der Waals surface area contributed by atoms with Crippen LogP contribution in [0.15, 0.2) is 48.5 Å². The Labute approximate surface area is 321 Å². The minimum absolute atomic E-state index is 0.00840. The number of nitrogens with zero attached hydrogens (tertiary/aromatic N) is 2. The Kier molecular flexibility index (Phi) is 17.1. The van der Waals surface area contributed by atoms with Crippen molar-refractivity contribution in [2.45, 2.75) is 100 Å². The van der Waals surface area contributed by atoms with Gasteiger partial charge in [0, 0.05) is 37.1 Å². The van der Waals surface area contributed by atoms with Crippen molar-refractivity contribution in [3.05, 3.63) is 59.7 Å².